The van der Waals surface area contributed by atoms with E-state index in [1.807, 2.05) is 31.1 Å². The third-order valence-corrected chi connectivity index (χ3v) is 2.90. The maximum atomic E-state index is 11.7. The molecule has 1 aromatic carbocycles. The van der Waals surface area contributed by atoms with Gasteiger partial charge in [0.15, 0.2) is 5.78 Å². The number of likely N-dealkylation sites (N-methyl/N-ethyl adjacent to an activating group) is 1. The molecule has 0 aliphatic heterocycles. The van der Waals surface area contributed by atoms with Crippen LogP contribution in [0.4, 0.5) is 0 Å². The SMILES string of the molecule is CCc1cc(C(C(C)=O)N(C)C)ccc1OC. The number of rotatable bonds is 5. The molecule has 0 aromatic heterocycles. The van der Waals surface area contributed by atoms with Crippen LogP contribution in [0.3, 0.4) is 0 Å². The Labute approximate surface area is 103 Å². The molecule has 1 unspecified atom stereocenters. The molecule has 1 aromatic rings. The van der Waals surface area contributed by atoms with Gasteiger partial charge in [-0.05, 0) is 44.6 Å². The number of ether oxygens (including phenoxy) is 1. The monoisotopic (exact) mass is 235 g/mol. The van der Waals surface area contributed by atoms with Crippen molar-refractivity contribution in [1.29, 1.82) is 0 Å². The van der Waals surface area contributed by atoms with Gasteiger partial charge in [-0.1, -0.05) is 19.1 Å². The summed E-state index contributed by atoms with van der Waals surface area (Å²) in [6, 6.07) is 5.79. The van der Waals surface area contributed by atoms with E-state index >= 15 is 0 Å². The molecule has 0 radical (unpaired) electrons. The number of nitrogens with zero attached hydrogens (tertiary/aromatic N) is 1. The summed E-state index contributed by atoms with van der Waals surface area (Å²) < 4.78 is 5.29. The molecule has 3 heteroatoms. The van der Waals surface area contributed by atoms with Crippen LogP contribution in [0.1, 0.15) is 31.0 Å². The van der Waals surface area contributed by atoms with Crippen LogP contribution < -0.4 is 4.74 Å². The second-order valence-electron chi connectivity index (χ2n) is 4.40. The fourth-order valence-electron chi connectivity index (χ4n) is 2.14. The first-order valence-corrected chi connectivity index (χ1v) is 5.85. The predicted octanol–water partition coefficient (Wildman–Crippen LogP) is 2.45. The van der Waals surface area contributed by atoms with Crippen LogP contribution >= 0.6 is 0 Å². The molecule has 0 spiro atoms. The van der Waals surface area contributed by atoms with Gasteiger partial charge >= 0.3 is 0 Å². The number of Topliss-reactive ketones (excluding diaryl/α,β-unsaturated/α-hetero) is 1. The molecule has 0 bridgehead atoms. The number of benzene rings is 1. The minimum absolute atomic E-state index is 0.155. The van der Waals surface area contributed by atoms with Crippen molar-refractivity contribution < 1.29 is 9.53 Å². The van der Waals surface area contributed by atoms with E-state index in [1.165, 1.54) is 0 Å². The molecular formula is C14H21NO2. The largest absolute Gasteiger partial charge is 0.496 e. The lowest BCUT2D eigenvalue weighted by Gasteiger charge is -2.23. The van der Waals surface area contributed by atoms with E-state index < -0.39 is 0 Å². The fraction of sp³-hybridized carbons (Fsp3) is 0.500. The van der Waals surface area contributed by atoms with Crippen molar-refractivity contribution in [2.75, 3.05) is 21.2 Å². The average Bonchev–Trinajstić information content (AvgIpc) is 2.27. The van der Waals surface area contributed by atoms with Gasteiger partial charge in [-0.25, -0.2) is 0 Å². The van der Waals surface area contributed by atoms with Gasteiger partial charge in [-0.3, -0.25) is 9.69 Å². The van der Waals surface area contributed by atoms with Gasteiger partial charge in [-0.15, -0.1) is 0 Å². The second-order valence-corrected chi connectivity index (χ2v) is 4.40. The number of hydrogen-bond donors (Lipinski definition) is 0. The van der Waals surface area contributed by atoms with Gasteiger partial charge in [0, 0.05) is 0 Å². The molecule has 0 amide bonds. The normalized spacial score (nSPS) is 12.6. The molecule has 94 valence electrons. The number of aryl methyl sites for hydroxylation is 1. The number of carbonyl (C=O) groups excluding carboxylic acids is 1. The molecule has 0 heterocycles. The Kier molecular flexibility index (Phi) is 4.70. The Morgan fingerprint density at radius 1 is 1.41 bits per heavy atom. The van der Waals surface area contributed by atoms with Gasteiger partial charge in [0.2, 0.25) is 0 Å². The van der Waals surface area contributed by atoms with Crippen molar-refractivity contribution in [3.8, 4) is 5.75 Å². The minimum Gasteiger partial charge on any atom is -0.496 e. The molecule has 0 aliphatic rings. The van der Waals surface area contributed by atoms with E-state index in [0.717, 1.165) is 23.3 Å². The zero-order chi connectivity index (χ0) is 13.0. The summed E-state index contributed by atoms with van der Waals surface area (Å²) >= 11 is 0. The molecule has 0 saturated heterocycles. The summed E-state index contributed by atoms with van der Waals surface area (Å²) in [7, 11) is 5.51. The maximum absolute atomic E-state index is 11.7. The molecule has 0 saturated carbocycles. The molecule has 0 N–H and O–H groups in total. The Bertz CT molecular complexity index is 399. The minimum atomic E-state index is -0.175. The van der Waals surface area contributed by atoms with Gasteiger partial charge in [-0.2, -0.15) is 0 Å². The van der Waals surface area contributed by atoms with Gasteiger partial charge in [0.1, 0.15) is 5.75 Å². The first-order chi connectivity index (χ1) is 8.01. The van der Waals surface area contributed by atoms with E-state index in [9.17, 15) is 4.79 Å². The third kappa shape index (κ3) is 3.07. The molecule has 0 fully saturated rings. The molecular weight excluding hydrogens is 214 g/mol. The molecule has 17 heavy (non-hydrogen) atoms. The first kappa shape index (κ1) is 13.7. The lowest BCUT2D eigenvalue weighted by molar-refractivity contribution is -0.121. The van der Waals surface area contributed by atoms with Crippen molar-refractivity contribution >= 4 is 5.78 Å². The molecule has 0 aliphatic carbocycles. The van der Waals surface area contributed by atoms with Crippen molar-refractivity contribution in [3.63, 3.8) is 0 Å². The number of hydrogen-bond acceptors (Lipinski definition) is 3. The third-order valence-electron chi connectivity index (χ3n) is 2.90. The van der Waals surface area contributed by atoms with E-state index in [2.05, 4.69) is 13.0 Å². The summed E-state index contributed by atoms with van der Waals surface area (Å²) in [5, 5.41) is 0. The predicted molar refractivity (Wildman–Crippen MR) is 69.5 cm³/mol. The van der Waals surface area contributed by atoms with Crippen molar-refractivity contribution in [1.82, 2.24) is 4.90 Å². The Morgan fingerprint density at radius 2 is 2.06 bits per heavy atom. The van der Waals surface area contributed by atoms with E-state index in [0.29, 0.717) is 0 Å². The average molecular weight is 235 g/mol. The zero-order valence-electron chi connectivity index (χ0n) is 11.3. The highest BCUT2D eigenvalue weighted by atomic mass is 16.5. The zero-order valence-corrected chi connectivity index (χ0v) is 11.3. The number of methoxy groups -OCH3 is 1. The van der Waals surface area contributed by atoms with Gasteiger partial charge < -0.3 is 4.74 Å². The standard InChI is InChI=1S/C14H21NO2/c1-6-11-9-12(7-8-13(11)17-5)14(10(2)16)15(3)4/h7-9,14H,6H2,1-5H3. The quantitative estimate of drug-likeness (QED) is 0.785. The van der Waals surface area contributed by atoms with E-state index in [-0.39, 0.29) is 11.8 Å². The summed E-state index contributed by atoms with van der Waals surface area (Å²) in [4.78, 5) is 13.6. The van der Waals surface area contributed by atoms with Gasteiger partial charge in [0.05, 0.1) is 13.2 Å². The fourth-order valence-corrected chi connectivity index (χ4v) is 2.14. The van der Waals surface area contributed by atoms with E-state index in [4.69, 9.17) is 4.74 Å². The van der Waals surface area contributed by atoms with Crippen LogP contribution in [0.25, 0.3) is 0 Å². The highest BCUT2D eigenvalue weighted by Gasteiger charge is 2.19. The lowest BCUT2D eigenvalue weighted by atomic mass is 9.99. The topological polar surface area (TPSA) is 29.5 Å². The van der Waals surface area contributed by atoms with E-state index in [1.54, 1.807) is 14.0 Å². The summed E-state index contributed by atoms with van der Waals surface area (Å²) in [5.74, 6) is 1.04. The van der Waals surface area contributed by atoms with Crippen molar-refractivity contribution in [3.05, 3.63) is 29.3 Å². The highest BCUT2D eigenvalue weighted by molar-refractivity contribution is 5.83. The first-order valence-electron chi connectivity index (χ1n) is 5.85. The second kappa shape index (κ2) is 5.82. The van der Waals surface area contributed by atoms with Crippen LogP contribution in [0.2, 0.25) is 0 Å². The van der Waals surface area contributed by atoms with Crippen LogP contribution in [0, 0.1) is 0 Å². The number of carbonyl (C=O) groups is 1. The summed E-state index contributed by atoms with van der Waals surface area (Å²) in [6.45, 7) is 3.71. The summed E-state index contributed by atoms with van der Waals surface area (Å²) in [5.41, 5.74) is 2.17. The Morgan fingerprint density at radius 3 is 2.47 bits per heavy atom. The maximum Gasteiger partial charge on any atom is 0.151 e. The van der Waals surface area contributed by atoms with Crippen LogP contribution in [-0.4, -0.2) is 31.9 Å². The molecule has 1 rings (SSSR count). The van der Waals surface area contributed by atoms with Crippen LogP contribution in [-0.2, 0) is 11.2 Å². The lowest BCUT2D eigenvalue weighted by Crippen LogP contribution is -2.26. The Hall–Kier alpha value is -1.35. The van der Waals surface area contributed by atoms with Crippen molar-refractivity contribution in [2.45, 2.75) is 26.3 Å². The van der Waals surface area contributed by atoms with Crippen molar-refractivity contribution in [2.24, 2.45) is 0 Å². The smallest absolute Gasteiger partial charge is 0.151 e. The van der Waals surface area contributed by atoms with Crippen LogP contribution in [0.5, 0.6) is 5.75 Å². The number of ketones is 1. The molecule has 3 nitrogen and oxygen atoms in total. The van der Waals surface area contributed by atoms with Crippen LogP contribution in [0.15, 0.2) is 18.2 Å². The molecule has 1 atom stereocenters. The summed E-state index contributed by atoms with van der Waals surface area (Å²) in [6.07, 6.45) is 0.898. The van der Waals surface area contributed by atoms with Gasteiger partial charge in [0.25, 0.3) is 0 Å². The Balaban J connectivity index is 3.17. The highest BCUT2D eigenvalue weighted by Crippen LogP contribution is 2.26.